The van der Waals surface area contributed by atoms with Crippen molar-refractivity contribution in [1.82, 2.24) is 0 Å². The fourth-order valence-electron chi connectivity index (χ4n) is 2.87. The quantitative estimate of drug-likeness (QED) is 0.447. The monoisotopic (exact) mass is 362 g/mol. The second-order valence-corrected chi connectivity index (χ2v) is 6.39. The van der Waals surface area contributed by atoms with Crippen molar-refractivity contribution < 1.29 is 14.3 Å². The zero-order chi connectivity index (χ0) is 19.5. The Labute approximate surface area is 161 Å². The molecule has 0 bridgehead atoms. The molecule has 2 aromatic rings. The third-order valence-electron chi connectivity index (χ3n) is 4.49. The molecule has 2 rings (SSSR count). The SMILES string of the molecule is CCOC(=O)C(CC=Cc1ccccc1)(CC=Cc1ccccc1)C(C)=O. The highest BCUT2D eigenvalue weighted by molar-refractivity contribution is 6.03. The van der Waals surface area contributed by atoms with Gasteiger partial charge >= 0.3 is 5.97 Å². The van der Waals surface area contributed by atoms with Crippen LogP contribution in [0.1, 0.15) is 37.8 Å². The first-order valence-corrected chi connectivity index (χ1v) is 9.20. The van der Waals surface area contributed by atoms with Crippen LogP contribution in [0.5, 0.6) is 0 Å². The minimum Gasteiger partial charge on any atom is -0.465 e. The van der Waals surface area contributed by atoms with Crippen molar-refractivity contribution in [2.75, 3.05) is 6.61 Å². The minimum atomic E-state index is -1.20. The van der Waals surface area contributed by atoms with E-state index in [0.717, 1.165) is 11.1 Å². The van der Waals surface area contributed by atoms with Gasteiger partial charge in [-0.2, -0.15) is 0 Å². The highest BCUT2D eigenvalue weighted by Gasteiger charge is 2.42. The number of carbonyl (C=O) groups excluding carboxylic acids is 2. The molecule has 0 heterocycles. The van der Waals surface area contributed by atoms with Crippen LogP contribution < -0.4 is 0 Å². The number of ether oxygens (including phenoxy) is 1. The average Bonchev–Trinajstić information content (AvgIpc) is 2.68. The highest BCUT2D eigenvalue weighted by Crippen LogP contribution is 2.32. The van der Waals surface area contributed by atoms with Crippen molar-refractivity contribution in [2.45, 2.75) is 26.7 Å². The van der Waals surface area contributed by atoms with E-state index in [1.165, 1.54) is 6.92 Å². The first-order chi connectivity index (χ1) is 13.1. The van der Waals surface area contributed by atoms with Crippen LogP contribution in [0.3, 0.4) is 0 Å². The molecule has 0 spiro atoms. The fourth-order valence-corrected chi connectivity index (χ4v) is 2.87. The van der Waals surface area contributed by atoms with E-state index in [2.05, 4.69) is 0 Å². The normalized spacial score (nSPS) is 13.6. The summed E-state index contributed by atoms with van der Waals surface area (Å²) in [6.07, 6.45) is 8.22. The van der Waals surface area contributed by atoms with Gasteiger partial charge in [0, 0.05) is 0 Å². The van der Waals surface area contributed by atoms with Crippen molar-refractivity contribution in [2.24, 2.45) is 5.41 Å². The van der Waals surface area contributed by atoms with E-state index >= 15 is 0 Å². The number of benzene rings is 2. The van der Waals surface area contributed by atoms with Gasteiger partial charge in [0.15, 0.2) is 0 Å². The number of carbonyl (C=O) groups is 2. The molecular formula is C24H26O3. The molecule has 140 valence electrons. The highest BCUT2D eigenvalue weighted by atomic mass is 16.5. The van der Waals surface area contributed by atoms with E-state index in [1.807, 2.05) is 85.0 Å². The number of rotatable bonds is 9. The molecule has 3 heteroatoms. The van der Waals surface area contributed by atoms with Crippen molar-refractivity contribution in [3.63, 3.8) is 0 Å². The molecule has 0 aliphatic rings. The molecule has 0 saturated carbocycles. The van der Waals surface area contributed by atoms with Gasteiger partial charge in [-0.25, -0.2) is 0 Å². The third kappa shape index (κ3) is 5.78. The van der Waals surface area contributed by atoms with E-state index in [0.29, 0.717) is 12.8 Å². The maximum absolute atomic E-state index is 12.7. The largest absolute Gasteiger partial charge is 0.465 e. The molecule has 0 saturated heterocycles. The van der Waals surface area contributed by atoms with E-state index < -0.39 is 11.4 Å². The summed E-state index contributed by atoms with van der Waals surface area (Å²) >= 11 is 0. The molecular weight excluding hydrogens is 336 g/mol. The molecule has 2 aromatic carbocycles. The maximum atomic E-state index is 12.7. The summed E-state index contributed by atoms with van der Waals surface area (Å²) in [7, 11) is 0. The fraction of sp³-hybridized carbons (Fsp3) is 0.250. The minimum absolute atomic E-state index is 0.184. The summed E-state index contributed by atoms with van der Waals surface area (Å²) < 4.78 is 5.25. The Morgan fingerprint density at radius 3 is 1.67 bits per heavy atom. The molecule has 0 radical (unpaired) electrons. The Morgan fingerprint density at radius 2 is 1.30 bits per heavy atom. The Balaban J connectivity index is 2.23. The van der Waals surface area contributed by atoms with E-state index in [9.17, 15) is 9.59 Å². The van der Waals surface area contributed by atoms with Gasteiger partial charge in [-0.15, -0.1) is 0 Å². The molecule has 0 N–H and O–H groups in total. The molecule has 0 unspecified atom stereocenters. The zero-order valence-electron chi connectivity index (χ0n) is 15.9. The first kappa shape index (κ1) is 20.4. The number of hydrogen-bond acceptors (Lipinski definition) is 3. The maximum Gasteiger partial charge on any atom is 0.320 e. The number of hydrogen-bond donors (Lipinski definition) is 0. The number of Topliss-reactive ketones (excluding diaryl/α,β-unsaturated/α-hetero) is 1. The molecule has 0 aliphatic heterocycles. The molecule has 0 aromatic heterocycles. The molecule has 0 atom stereocenters. The van der Waals surface area contributed by atoms with Crippen molar-refractivity contribution in [1.29, 1.82) is 0 Å². The molecule has 0 amide bonds. The lowest BCUT2D eigenvalue weighted by molar-refractivity contribution is -0.159. The Kier molecular flexibility index (Phi) is 7.75. The van der Waals surface area contributed by atoms with E-state index in [-0.39, 0.29) is 12.4 Å². The van der Waals surface area contributed by atoms with Gasteiger partial charge in [-0.1, -0.05) is 85.0 Å². The molecule has 0 fully saturated rings. The topological polar surface area (TPSA) is 43.4 Å². The van der Waals surface area contributed by atoms with Gasteiger partial charge < -0.3 is 4.74 Å². The molecule has 3 nitrogen and oxygen atoms in total. The standard InChI is InChI=1S/C24H26O3/c1-3-27-23(26)24(20(2)25,18-10-16-21-12-6-4-7-13-21)19-11-17-22-14-8-5-9-15-22/h4-17H,3,18-19H2,1-2H3. The van der Waals surface area contributed by atoms with Crippen LogP contribution in [0.15, 0.2) is 72.8 Å². The van der Waals surface area contributed by atoms with Gasteiger partial charge in [-0.3, -0.25) is 9.59 Å². The molecule has 27 heavy (non-hydrogen) atoms. The van der Waals surface area contributed by atoms with Crippen LogP contribution in [0.25, 0.3) is 12.2 Å². The third-order valence-corrected chi connectivity index (χ3v) is 4.49. The lowest BCUT2D eigenvalue weighted by atomic mass is 9.77. The number of esters is 1. The predicted molar refractivity (Wildman–Crippen MR) is 110 cm³/mol. The van der Waals surface area contributed by atoms with E-state index in [4.69, 9.17) is 4.74 Å². The summed E-state index contributed by atoms with van der Waals surface area (Å²) in [5.41, 5.74) is 0.851. The lowest BCUT2D eigenvalue weighted by Crippen LogP contribution is -2.38. The van der Waals surface area contributed by atoms with Crippen LogP contribution in [-0.4, -0.2) is 18.4 Å². The summed E-state index contributed by atoms with van der Waals surface area (Å²) in [5, 5.41) is 0. The smallest absolute Gasteiger partial charge is 0.320 e. The Bertz CT molecular complexity index is 737. The Hall–Kier alpha value is -2.94. The zero-order valence-corrected chi connectivity index (χ0v) is 15.9. The van der Waals surface area contributed by atoms with Gasteiger partial charge in [-0.05, 0) is 37.8 Å². The van der Waals surface area contributed by atoms with Crippen LogP contribution >= 0.6 is 0 Å². The molecule has 0 aliphatic carbocycles. The van der Waals surface area contributed by atoms with Crippen LogP contribution in [0.2, 0.25) is 0 Å². The number of allylic oxidation sites excluding steroid dienone is 2. The van der Waals surface area contributed by atoms with Crippen LogP contribution in [0, 0.1) is 5.41 Å². The van der Waals surface area contributed by atoms with Crippen molar-refractivity contribution in [3.05, 3.63) is 83.9 Å². The van der Waals surface area contributed by atoms with Gasteiger partial charge in [0.1, 0.15) is 11.2 Å². The van der Waals surface area contributed by atoms with Crippen molar-refractivity contribution in [3.8, 4) is 0 Å². The van der Waals surface area contributed by atoms with Gasteiger partial charge in [0.2, 0.25) is 0 Å². The second kappa shape index (κ2) is 10.3. The summed E-state index contributed by atoms with van der Waals surface area (Å²) in [4.78, 5) is 25.2. The second-order valence-electron chi connectivity index (χ2n) is 6.39. The Morgan fingerprint density at radius 1 is 0.852 bits per heavy atom. The van der Waals surface area contributed by atoms with Gasteiger partial charge in [0.05, 0.1) is 6.61 Å². The lowest BCUT2D eigenvalue weighted by Gasteiger charge is -2.26. The average molecular weight is 362 g/mol. The predicted octanol–water partition coefficient (Wildman–Crippen LogP) is 5.33. The van der Waals surface area contributed by atoms with Crippen molar-refractivity contribution >= 4 is 23.9 Å². The van der Waals surface area contributed by atoms with E-state index in [1.54, 1.807) is 6.92 Å². The summed E-state index contributed by atoms with van der Waals surface area (Å²) in [6.45, 7) is 3.46. The number of ketones is 1. The first-order valence-electron chi connectivity index (χ1n) is 9.20. The summed E-state index contributed by atoms with van der Waals surface area (Å²) in [6, 6.07) is 19.6. The van der Waals surface area contributed by atoms with Gasteiger partial charge in [0.25, 0.3) is 0 Å². The van der Waals surface area contributed by atoms with Crippen LogP contribution in [-0.2, 0) is 14.3 Å². The summed E-state index contributed by atoms with van der Waals surface area (Å²) in [5.74, 6) is -0.649. The van der Waals surface area contributed by atoms with Crippen LogP contribution in [0.4, 0.5) is 0 Å².